The Morgan fingerprint density at radius 2 is 1.78 bits per heavy atom. The second-order valence-corrected chi connectivity index (χ2v) is 7.97. The zero-order valence-electron chi connectivity index (χ0n) is 18.2. The Hall–Kier alpha value is -4.36. The number of benzene rings is 3. The monoisotopic (exact) mass is 514 g/mol. The van der Waals surface area contributed by atoms with Crippen LogP contribution in [0, 0.1) is 35.6 Å². The fraction of sp³-hybridized carbons (Fsp3) is 0.0800. The number of fused-ring (bicyclic) bond motifs is 1. The molecule has 0 aliphatic rings. The Morgan fingerprint density at radius 1 is 1.06 bits per heavy atom. The van der Waals surface area contributed by atoms with Gasteiger partial charge in [-0.3, -0.25) is 15.0 Å². The Morgan fingerprint density at radius 3 is 2.47 bits per heavy atom. The molecule has 0 bridgehead atoms. The molecule has 2 N–H and O–H groups in total. The van der Waals surface area contributed by atoms with Crippen LogP contribution in [0.1, 0.15) is 28.6 Å². The van der Waals surface area contributed by atoms with Gasteiger partial charge in [0.2, 0.25) is 0 Å². The van der Waals surface area contributed by atoms with Gasteiger partial charge in [0.15, 0.2) is 29.1 Å². The van der Waals surface area contributed by atoms with Crippen molar-refractivity contribution in [1.29, 1.82) is 0 Å². The predicted octanol–water partition coefficient (Wildman–Crippen LogP) is 4.98. The van der Waals surface area contributed by atoms with Crippen LogP contribution in [0.3, 0.4) is 0 Å². The van der Waals surface area contributed by atoms with Crippen LogP contribution in [0.4, 0.5) is 23.2 Å². The normalized spacial score (nSPS) is 11.7. The lowest BCUT2D eigenvalue weighted by Crippen LogP contribution is -2.38. The molecular formula is C25H15ClF4N4O2. The standard InChI is InChI=1S/C25H15ClF4N4O2/c1-2-6-18(32-24(35)16-12-17(27)21(29)22(30)20(16)28)23-31-19-11-13(26)9-10-15(19)25(36)34(23)33-14-7-4-3-5-8-14/h1,3-5,7-12,18,33H,6H2,(H,32,35). The van der Waals surface area contributed by atoms with Gasteiger partial charge in [0.05, 0.1) is 22.2 Å². The molecule has 1 atom stereocenters. The number of carbonyl (C=O) groups is 1. The van der Waals surface area contributed by atoms with Crippen molar-refractivity contribution in [1.82, 2.24) is 15.0 Å². The maximum absolute atomic E-state index is 14.2. The van der Waals surface area contributed by atoms with Crippen LogP contribution in [0.2, 0.25) is 5.02 Å². The van der Waals surface area contributed by atoms with Crippen molar-refractivity contribution in [2.45, 2.75) is 12.5 Å². The summed E-state index contributed by atoms with van der Waals surface area (Å²) in [5.74, 6) is -6.94. The zero-order chi connectivity index (χ0) is 26.0. The predicted molar refractivity (Wildman–Crippen MR) is 126 cm³/mol. The highest BCUT2D eigenvalue weighted by atomic mass is 35.5. The number of amides is 1. The number of nitrogens with one attached hydrogen (secondary N) is 2. The zero-order valence-corrected chi connectivity index (χ0v) is 18.9. The van der Waals surface area contributed by atoms with Gasteiger partial charge < -0.3 is 5.32 Å². The van der Waals surface area contributed by atoms with Crippen LogP contribution < -0.4 is 16.3 Å². The molecule has 0 radical (unpaired) electrons. The summed E-state index contributed by atoms with van der Waals surface area (Å²) < 4.78 is 56.0. The van der Waals surface area contributed by atoms with E-state index in [0.29, 0.717) is 5.69 Å². The van der Waals surface area contributed by atoms with E-state index in [9.17, 15) is 27.2 Å². The van der Waals surface area contributed by atoms with Crippen LogP contribution >= 0.6 is 11.6 Å². The summed E-state index contributed by atoms with van der Waals surface area (Å²) in [5.41, 5.74) is 1.87. The highest BCUT2D eigenvalue weighted by Gasteiger charge is 2.27. The molecule has 11 heteroatoms. The number of halogens is 5. The first-order valence-corrected chi connectivity index (χ1v) is 10.7. The van der Waals surface area contributed by atoms with Gasteiger partial charge in [-0.05, 0) is 36.4 Å². The quantitative estimate of drug-likeness (QED) is 0.165. The van der Waals surface area contributed by atoms with Crippen molar-refractivity contribution in [2.24, 2.45) is 0 Å². The molecule has 4 rings (SSSR count). The van der Waals surface area contributed by atoms with Crippen LogP contribution in [0.5, 0.6) is 0 Å². The first kappa shape index (κ1) is 24.8. The fourth-order valence-electron chi connectivity index (χ4n) is 3.46. The average molecular weight is 515 g/mol. The third-order valence-corrected chi connectivity index (χ3v) is 5.39. The van der Waals surface area contributed by atoms with Crippen LogP contribution in [0.15, 0.2) is 59.4 Å². The molecule has 36 heavy (non-hydrogen) atoms. The maximum Gasteiger partial charge on any atom is 0.280 e. The van der Waals surface area contributed by atoms with Gasteiger partial charge in [0.25, 0.3) is 11.5 Å². The summed E-state index contributed by atoms with van der Waals surface area (Å²) in [6.07, 6.45) is 5.20. The van der Waals surface area contributed by atoms with Crippen molar-refractivity contribution >= 4 is 34.1 Å². The van der Waals surface area contributed by atoms with Gasteiger partial charge in [-0.2, -0.15) is 0 Å². The molecule has 1 amide bonds. The maximum atomic E-state index is 14.2. The highest BCUT2D eigenvalue weighted by molar-refractivity contribution is 6.31. The topological polar surface area (TPSA) is 76.0 Å². The summed E-state index contributed by atoms with van der Waals surface area (Å²) in [6.45, 7) is 0. The lowest BCUT2D eigenvalue weighted by Gasteiger charge is -2.22. The molecule has 182 valence electrons. The Kier molecular flexibility index (Phi) is 6.94. The summed E-state index contributed by atoms with van der Waals surface area (Å²) in [6, 6.07) is 11.9. The first-order chi connectivity index (χ1) is 17.2. The molecular weight excluding hydrogens is 500 g/mol. The van der Waals surface area contributed by atoms with Crippen molar-refractivity contribution in [3.05, 3.63) is 105 Å². The number of terminal acetylenes is 1. The summed E-state index contributed by atoms with van der Waals surface area (Å²) in [5, 5.41) is 2.80. The van der Waals surface area contributed by atoms with E-state index >= 15 is 0 Å². The van der Waals surface area contributed by atoms with Crippen molar-refractivity contribution in [3.63, 3.8) is 0 Å². The Labute approximate surface area is 206 Å². The minimum absolute atomic E-state index is 0.103. The van der Waals surface area contributed by atoms with E-state index in [2.05, 4.69) is 21.6 Å². The summed E-state index contributed by atoms with van der Waals surface area (Å²) in [7, 11) is 0. The minimum atomic E-state index is -2.14. The summed E-state index contributed by atoms with van der Waals surface area (Å²) in [4.78, 5) is 30.6. The van der Waals surface area contributed by atoms with E-state index in [1.807, 2.05) is 0 Å². The number of nitrogens with zero attached hydrogens (tertiary/aromatic N) is 2. The molecule has 0 aliphatic carbocycles. The molecule has 0 saturated heterocycles. The van der Waals surface area contributed by atoms with Crippen LogP contribution in [-0.2, 0) is 0 Å². The number of anilines is 1. The molecule has 0 aliphatic heterocycles. The van der Waals surface area contributed by atoms with Crippen molar-refractivity contribution in [3.8, 4) is 12.3 Å². The second-order valence-electron chi connectivity index (χ2n) is 7.53. The van der Waals surface area contributed by atoms with E-state index in [1.165, 1.54) is 18.2 Å². The number of para-hydroxylation sites is 1. The van der Waals surface area contributed by atoms with Crippen molar-refractivity contribution < 1.29 is 22.4 Å². The average Bonchev–Trinajstić information content (AvgIpc) is 2.86. The van der Waals surface area contributed by atoms with E-state index in [1.54, 1.807) is 30.3 Å². The SMILES string of the molecule is C#CCC(NC(=O)c1cc(F)c(F)c(F)c1F)c1nc2cc(Cl)ccc2c(=O)n1Nc1ccccc1. The van der Waals surface area contributed by atoms with Gasteiger partial charge in [0.1, 0.15) is 6.04 Å². The number of hydrogen-bond donors (Lipinski definition) is 2. The van der Waals surface area contributed by atoms with E-state index < -0.39 is 46.3 Å². The van der Waals surface area contributed by atoms with Gasteiger partial charge >= 0.3 is 0 Å². The first-order valence-electron chi connectivity index (χ1n) is 10.3. The second kappa shape index (κ2) is 10.1. The van der Waals surface area contributed by atoms with E-state index in [0.717, 1.165) is 4.68 Å². The number of carbonyl (C=O) groups excluding carboxylic acids is 1. The molecule has 3 aromatic carbocycles. The van der Waals surface area contributed by atoms with Gasteiger partial charge in [-0.15, -0.1) is 12.3 Å². The number of hydrogen-bond acceptors (Lipinski definition) is 4. The molecule has 4 aromatic rings. The Bertz CT molecular complexity index is 1590. The highest BCUT2D eigenvalue weighted by Crippen LogP contribution is 2.23. The van der Waals surface area contributed by atoms with Gasteiger partial charge in [-0.25, -0.2) is 27.2 Å². The molecule has 0 fully saturated rings. The fourth-order valence-corrected chi connectivity index (χ4v) is 3.62. The largest absolute Gasteiger partial charge is 0.341 e. The van der Waals surface area contributed by atoms with Gasteiger partial charge in [0, 0.05) is 11.4 Å². The smallest absolute Gasteiger partial charge is 0.280 e. The Balaban J connectivity index is 1.85. The molecule has 0 spiro atoms. The van der Waals surface area contributed by atoms with Crippen LogP contribution in [-0.4, -0.2) is 15.6 Å². The summed E-state index contributed by atoms with van der Waals surface area (Å²) >= 11 is 6.05. The molecule has 6 nitrogen and oxygen atoms in total. The molecule has 0 saturated carbocycles. The number of rotatable bonds is 6. The molecule has 1 unspecified atom stereocenters. The van der Waals surface area contributed by atoms with Crippen molar-refractivity contribution in [2.75, 3.05) is 5.43 Å². The lowest BCUT2D eigenvalue weighted by molar-refractivity contribution is 0.0928. The third-order valence-electron chi connectivity index (χ3n) is 5.16. The number of aromatic nitrogens is 2. The van der Waals surface area contributed by atoms with E-state index in [4.69, 9.17) is 18.0 Å². The molecule has 1 aromatic heterocycles. The molecule has 1 heterocycles. The minimum Gasteiger partial charge on any atom is -0.341 e. The van der Waals surface area contributed by atoms with Crippen LogP contribution in [0.25, 0.3) is 10.9 Å². The lowest BCUT2D eigenvalue weighted by atomic mass is 10.1. The van der Waals surface area contributed by atoms with Gasteiger partial charge in [-0.1, -0.05) is 29.8 Å². The third kappa shape index (κ3) is 4.74. The van der Waals surface area contributed by atoms with E-state index in [-0.39, 0.29) is 34.2 Å².